The Morgan fingerprint density at radius 3 is 2.37 bits per heavy atom. The van der Waals surface area contributed by atoms with Crippen LogP contribution in [0, 0.1) is 5.41 Å². The van der Waals surface area contributed by atoms with Crippen LogP contribution in [0.2, 0.25) is 5.02 Å². The van der Waals surface area contributed by atoms with Crippen LogP contribution in [0.5, 0.6) is 0 Å². The summed E-state index contributed by atoms with van der Waals surface area (Å²) in [5, 5.41) is 9.39. The van der Waals surface area contributed by atoms with Crippen molar-refractivity contribution in [3.8, 4) is 0 Å². The van der Waals surface area contributed by atoms with Gasteiger partial charge in [0, 0.05) is 0 Å². The van der Waals surface area contributed by atoms with Gasteiger partial charge < -0.3 is 5.11 Å². The van der Waals surface area contributed by atoms with Gasteiger partial charge in [0.25, 0.3) is 10.0 Å². The second kappa shape index (κ2) is 5.69. The second-order valence-electron chi connectivity index (χ2n) is 4.95. The van der Waals surface area contributed by atoms with Crippen molar-refractivity contribution >= 4 is 54.9 Å². The lowest BCUT2D eigenvalue weighted by Crippen LogP contribution is -2.48. The van der Waals surface area contributed by atoms with Gasteiger partial charge in [-0.15, -0.1) is 11.3 Å². The van der Waals surface area contributed by atoms with Crippen LogP contribution in [-0.4, -0.2) is 25.5 Å². The maximum atomic E-state index is 12.1. The lowest BCUT2D eigenvalue weighted by molar-refractivity contribution is -0.141. The van der Waals surface area contributed by atoms with E-state index >= 15 is 0 Å². The van der Waals surface area contributed by atoms with Gasteiger partial charge in [-0.2, -0.15) is 4.72 Å². The highest BCUT2D eigenvalue weighted by Gasteiger charge is 2.35. The molecule has 0 aliphatic heterocycles. The Labute approximate surface area is 129 Å². The van der Waals surface area contributed by atoms with E-state index in [9.17, 15) is 13.2 Å². The van der Waals surface area contributed by atoms with Crippen LogP contribution in [0.15, 0.2) is 14.1 Å². The first-order valence-corrected chi connectivity index (χ1v) is 8.62. The molecule has 0 saturated carbocycles. The van der Waals surface area contributed by atoms with Crippen LogP contribution in [0.4, 0.5) is 0 Å². The summed E-state index contributed by atoms with van der Waals surface area (Å²) < 4.78 is 26.9. The fourth-order valence-corrected chi connectivity index (χ4v) is 5.08. The Hall–Kier alpha value is -0.150. The van der Waals surface area contributed by atoms with Gasteiger partial charge in [-0.3, -0.25) is 4.79 Å². The maximum absolute atomic E-state index is 12.1. The molecular formula is C10H13BrClNO4S2. The number of hydrogen-bond acceptors (Lipinski definition) is 4. The first kappa shape index (κ1) is 16.9. The van der Waals surface area contributed by atoms with Gasteiger partial charge in [-0.1, -0.05) is 32.4 Å². The summed E-state index contributed by atoms with van der Waals surface area (Å²) in [4.78, 5) is 11.2. The second-order valence-corrected chi connectivity index (χ2v) is 9.66. The van der Waals surface area contributed by atoms with Crippen LogP contribution in [-0.2, 0) is 14.8 Å². The van der Waals surface area contributed by atoms with Gasteiger partial charge in [0.2, 0.25) is 0 Å². The van der Waals surface area contributed by atoms with Crippen molar-refractivity contribution < 1.29 is 18.3 Å². The third-order valence-electron chi connectivity index (χ3n) is 2.27. The zero-order valence-electron chi connectivity index (χ0n) is 10.4. The van der Waals surface area contributed by atoms with Crippen LogP contribution < -0.4 is 4.72 Å². The number of nitrogens with one attached hydrogen (secondary N) is 1. The molecule has 0 fully saturated rings. The van der Waals surface area contributed by atoms with Gasteiger partial charge in [0.1, 0.15) is 10.3 Å². The Morgan fingerprint density at radius 2 is 2.05 bits per heavy atom. The molecule has 19 heavy (non-hydrogen) atoms. The molecule has 1 aromatic rings. The number of thiophene rings is 1. The first-order chi connectivity index (χ1) is 8.45. The fraction of sp³-hybridized carbons (Fsp3) is 0.500. The van der Waals surface area contributed by atoms with Crippen molar-refractivity contribution in [2.45, 2.75) is 31.0 Å². The number of hydrogen-bond donors (Lipinski definition) is 2. The van der Waals surface area contributed by atoms with Crippen molar-refractivity contribution in [3.63, 3.8) is 0 Å². The normalized spacial score (nSPS) is 14.4. The van der Waals surface area contributed by atoms with E-state index in [1.165, 1.54) is 6.07 Å². The lowest BCUT2D eigenvalue weighted by Gasteiger charge is -2.27. The van der Waals surface area contributed by atoms with Gasteiger partial charge in [-0.25, -0.2) is 8.42 Å². The van der Waals surface area contributed by atoms with E-state index in [1.54, 1.807) is 20.8 Å². The topological polar surface area (TPSA) is 83.5 Å². The summed E-state index contributed by atoms with van der Waals surface area (Å²) in [6.45, 7) is 4.93. The van der Waals surface area contributed by atoms with Gasteiger partial charge in [0.05, 0.1) is 8.81 Å². The molecule has 0 bridgehead atoms. The Kier molecular flexibility index (Phi) is 5.06. The average molecular weight is 391 g/mol. The van der Waals surface area contributed by atoms with E-state index < -0.39 is 27.4 Å². The zero-order chi connectivity index (χ0) is 15.0. The number of halogens is 2. The molecule has 1 heterocycles. The summed E-state index contributed by atoms with van der Waals surface area (Å²) in [5.41, 5.74) is -0.753. The molecule has 9 heteroatoms. The van der Waals surface area contributed by atoms with Gasteiger partial charge in [-0.05, 0) is 27.4 Å². The largest absolute Gasteiger partial charge is 0.480 e. The van der Waals surface area contributed by atoms with Gasteiger partial charge in [0.15, 0.2) is 0 Å². The number of rotatable bonds is 4. The molecule has 5 nitrogen and oxygen atoms in total. The summed E-state index contributed by atoms with van der Waals surface area (Å²) >= 11 is 9.83. The highest BCUT2D eigenvalue weighted by Crippen LogP contribution is 2.35. The molecule has 2 N–H and O–H groups in total. The third kappa shape index (κ3) is 4.16. The lowest BCUT2D eigenvalue weighted by atomic mass is 9.88. The predicted molar refractivity (Wildman–Crippen MR) is 78.2 cm³/mol. The molecule has 0 spiro atoms. The quantitative estimate of drug-likeness (QED) is 0.828. The molecule has 0 radical (unpaired) electrons. The van der Waals surface area contributed by atoms with Gasteiger partial charge >= 0.3 is 5.97 Å². The highest BCUT2D eigenvalue weighted by atomic mass is 79.9. The molecular weight excluding hydrogens is 378 g/mol. The molecule has 108 valence electrons. The molecule has 0 amide bonds. The van der Waals surface area contributed by atoms with E-state index in [0.717, 1.165) is 11.3 Å². The number of carboxylic acid groups (broad SMARTS) is 1. The first-order valence-electron chi connectivity index (χ1n) is 5.15. The summed E-state index contributed by atoms with van der Waals surface area (Å²) in [5.74, 6) is -1.22. The van der Waals surface area contributed by atoms with Crippen molar-refractivity contribution in [3.05, 3.63) is 14.9 Å². The number of sulfonamides is 1. The van der Waals surface area contributed by atoms with Crippen LogP contribution in [0.25, 0.3) is 0 Å². The van der Waals surface area contributed by atoms with E-state index in [2.05, 4.69) is 20.7 Å². The monoisotopic (exact) mass is 389 g/mol. The van der Waals surface area contributed by atoms with E-state index in [0.29, 0.717) is 3.79 Å². The fourth-order valence-electron chi connectivity index (χ4n) is 1.27. The van der Waals surface area contributed by atoms with Crippen molar-refractivity contribution in [2.75, 3.05) is 0 Å². The molecule has 0 aliphatic carbocycles. The minimum atomic E-state index is -3.92. The predicted octanol–water partition coefficient (Wildman–Crippen LogP) is 2.94. The summed E-state index contributed by atoms with van der Waals surface area (Å²) in [6.07, 6.45) is 0. The molecule has 0 unspecified atom stereocenters. The standard InChI is InChI=1S/C10H13BrClNO4S2/c1-10(2,3)7(9(14)15)13-19(16,17)6-4-5(12)8(11)18-6/h4,7,13H,1-3H3,(H,14,15)/t7-/m0/s1. The Bertz CT molecular complexity index is 572. The number of carbonyl (C=O) groups is 1. The van der Waals surface area contributed by atoms with Crippen molar-refractivity contribution in [1.29, 1.82) is 0 Å². The third-order valence-corrected chi connectivity index (χ3v) is 6.64. The SMILES string of the molecule is CC(C)(C)[C@@H](NS(=O)(=O)c1cc(Cl)c(Br)s1)C(=O)O. The van der Waals surface area contributed by atoms with Crippen molar-refractivity contribution in [1.82, 2.24) is 4.72 Å². The van der Waals surface area contributed by atoms with E-state index in [-0.39, 0.29) is 9.23 Å². The van der Waals surface area contributed by atoms with Crippen LogP contribution >= 0.6 is 38.9 Å². The minimum Gasteiger partial charge on any atom is -0.480 e. The summed E-state index contributed by atoms with van der Waals surface area (Å²) in [6, 6.07) is 0.0531. The van der Waals surface area contributed by atoms with Crippen LogP contribution in [0.3, 0.4) is 0 Å². The molecule has 1 atom stereocenters. The van der Waals surface area contributed by atoms with E-state index in [1.807, 2.05) is 0 Å². The number of carboxylic acids is 1. The number of aliphatic carboxylic acids is 1. The average Bonchev–Trinajstić information content (AvgIpc) is 2.55. The molecule has 1 rings (SSSR count). The van der Waals surface area contributed by atoms with E-state index in [4.69, 9.17) is 16.7 Å². The van der Waals surface area contributed by atoms with Crippen molar-refractivity contribution in [2.24, 2.45) is 5.41 Å². The maximum Gasteiger partial charge on any atom is 0.322 e. The smallest absolute Gasteiger partial charge is 0.322 e. The highest BCUT2D eigenvalue weighted by molar-refractivity contribution is 9.11. The summed E-state index contributed by atoms with van der Waals surface area (Å²) in [7, 11) is -3.92. The minimum absolute atomic E-state index is 0.0279. The molecule has 0 aromatic carbocycles. The Morgan fingerprint density at radius 1 is 1.53 bits per heavy atom. The molecule has 0 aliphatic rings. The zero-order valence-corrected chi connectivity index (χ0v) is 14.4. The van der Waals surface area contributed by atoms with Crippen LogP contribution in [0.1, 0.15) is 20.8 Å². The Balaban J connectivity index is 3.11. The molecule has 0 saturated heterocycles. The molecule has 1 aromatic heterocycles.